The predicted molar refractivity (Wildman–Crippen MR) is 63.1 cm³/mol. The minimum Gasteiger partial charge on any atom is -0.375 e. The Bertz CT molecular complexity index is 328. The normalized spacial score (nSPS) is 30.1. The van der Waals surface area contributed by atoms with Crippen molar-refractivity contribution in [2.45, 2.75) is 44.6 Å². The van der Waals surface area contributed by atoms with Crippen LogP contribution in [-0.4, -0.2) is 12.2 Å². The number of hydrogen-bond donors (Lipinski definition) is 0. The first-order chi connectivity index (χ1) is 7.06. The highest BCUT2D eigenvalue weighted by Crippen LogP contribution is 2.44. The molecule has 1 atom stereocenters. The molecule has 0 aliphatic carbocycles. The Morgan fingerprint density at radius 1 is 1.07 bits per heavy atom. The maximum atomic E-state index is 5.94. The molecule has 0 N–H and O–H groups in total. The Hall–Kier alpha value is -0.820. The molecule has 1 saturated heterocycles. The van der Waals surface area contributed by atoms with E-state index in [1.807, 2.05) is 0 Å². The smallest absolute Gasteiger partial charge is 0.0719 e. The molecule has 1 aromatic carbocycles. The van der Waals surface area contributed by atoms with E-state index in [2.05, 4.69) is 51.1 Å². The largest absolute Gasteiger partial charge is 0.375 e. The molecule has 1 aliphatic rings. The predicted octanol–water partition coefficient (Wildman–Crippen LogP) is 3.53. The molecule has 2 rings (SSSR count). The fourth-order valence-corrected chi connectivity index (χ4v) is 2.51. The zero-order chi connectivity index (χ0) is 10.9. The van der Waals surface area contributed by atoms with Crippen LogP contribution in [-0.2, 0) is 10.2 Å². The lowest BCUT2D eigenvalue weighted by Crippen LogP contribution is -2.50. The molecule has 1 fully saturated rings. The lowest BCUT2D eigenvalue weighted by Gasteiger charge is -2.48. The monoisotopic (exact) mass is 204 g/mol. The number of rotatable bonds is 1. The van der Waals surface area contributed by atoms with Gasteiger partial charge in [0.05, 0.1) is 5.60 Å². The molecule has 1 nitrogen and oxygen atoms in total. The number of benzene rings is 1. The van der Waals surface area contributed by atoms with Crippen LogP contribution in [0.2, 0.25) is 0 Å². The van der Waals surface area contributed by atoms with E-state index in [9.17, 15) is 0 Å². The maximum Gasteiger partial charge on any atom is 0.0719 e. The van der Waals surface area contributed by atoms with E-state index in [4.69, 9.17) is 4.74 Å². The van der Waals surface area contributed by atoms with Crippen molar-refractivity contribution in [2.24, 2.45) is 0 Å². The summed E-state index contributed by atoms with van der Waals surface area (Å²) in [5.74, 6) is 0. The van der Waals surface area contributed by atoms with Gasteiger partial charge in [0, 0.05) is 12.0 Å². The number of hydrogen-bond acceptors (Lipinski definition) is 1. The lowest BCUT2D eigenvalue weighted by atomic mass is 9.66. The van der Waals surface area contributed by atoms with Crippen LogP contribution >= 0.6 is 0 Å². The van der Waals surface area contributed by atoms with Gasteiger partial charge in [-0.1, -0.05) is 37.3 Å². The lowest BCUT2D eigenvalue weighted by molar-refractivity contribution is -0.106. The fourth-order valence-electron chi connectivity index (χ4n) is 2.51. The summed E-state index contributed by atoms with van der Waals surface area (Å²) in [5.41, 5.74) is 1.48. The summed E-state index contributed by atoms with van der Waals surface area (Å²) in [6.45, 7) is 7.63. The van der Waals surface area contributed by atoms with Gasteiger partial charge in [-0.3, -0.25) is 0 Å². The summed E-state index contributed by atoms with van der Waals surface area (Å²) in [4.78, 5) is 0. The van der Waals surface area contributed by atoms with Gasteiger partial charge in [-0.15, -0.1) is 0 Å². The molecule has 0 spiro atoms. The second-order valence-corrected chi connectivity index (χ2v) is 5.16. The topological polar surface area (TPSA) is 9.23 Å². The van der Waals surface area contributed by atoms with Crippen molar-refractivity contribution >= 4 is 0 Å². The minimum absolute atomic E-state index is 0.0629. The first-order valence-corrected chi connectivity index (χ1v) is 5.76. The third-order valence-electron chi connectivity index (χ3n) is 4.02. The third kappa shape index (κ3) is 1.69. The Morgan fingerprint density at radius 3 is 2.33 bits per heavy atom. The minimum atomic E-state index is -0.0629. The van der Waals surface area contributed by atoms with Gasteiger partial charge in [-0.05, 0) is 32.3 Å². The molecule has 15 heavy (non-hydrogen) atoms. The van der Waals surface area contributed by atoms with E-state index in [1.54, 1.807) is 0 Å². The van der Waals surface area contributed by atoms with Crippen molar-refractivity contribution in [1.82, 2.24) is 0 Å². The highest BCUT2D eigenvalue weighted by atomic mass is 16.5. The molecular formula is C14H20O. The average Bonchev–Trinajstić information content (AvgIpc) is 2.24. The Balaban J connectivity index is 2.40. The van der Waals surface area contributed by atoms with Crippen LogP contribution < -0.4 is 0 Å². The molecule has 0 bridgehead atoms. The average molecular weight is 204 g/mol. The third-order valence-corrected chi connectivity index (χ3v) is 4.02. The van der Waals surface area contributed by atoms with Gasteiger partial charge in [0.25, 0.3) is 0 Å². The second kappa shape index (κ2) is 3.64. The van der Waals surface area contributed by atoms with Gasteiger partial charge in [-0.25, -0.2) is 0 Å². The Morgan fingerprint density at radius 2 is 1.73 bits per heavy atom. The van der Waals surface area contributed by atoms with Crippen LogP contribution in [0.25, 0.3) is 0 Å². The molecule has 1 heteroatoms. The van der Waals surface area contributed by atoms with Crippen LogP contribution in [0.4, 0.5) is 0 Å². The fraction of sp³-hybridized carbons (Fsp3) is 0.571. The van der Waals surface area contributed by atoms with Gasteiger partial charge >= 0.3 is 0 Å². The van der Waals surface area contributed by atoms with E-state index < -0.39 is 0 Å². The maximum absolute atomic E-state index is 5.94. The van der Waals surface area contributed by atoms with Crippen LogP contribution in [0, 0.1) is 0 Å². The zero-order valence-corrected chi connectivity index (χ0v) is 9.92. The summed E-state index contributed by atoms with van der Waals surface area (Å²) in [5, 5.41) is 0. The first-order valence-electron chi connectivity index (χ1n) is 5.76. The molecule has 1 aliphatic heterocycles. The SMILES string of the molecule is CC1(C)OCCCC1(C)c1ccccc1. The molecular weight excluding hydrogens is 184 g/mol. The molecule has 1 aromatic rings. The molecule has 1 heterocycles. The van der Waals surface area contributed by atoms with Crippen molar-refractivity contribution in [3.05, 3.63) is 35.9 Å². The summed E-state index contributed by atoms with van der Waals surface area (Å²) >= 11 is 0. The van der Waals surface area contributed by atoms with Gasteiger partial charge in [0.2, 0.25) is 0 Å². The van der Waals surface area contributed by atoms with E-state index in [1.165, 1.54) is 12.0 Å². The van der Waals surface area contributed by atoms with Gasteiger partial charge < -0.3 is 4.74 Å². The first kappa shape index (κ1) is 10.7. The Kier molecular flexibility index (Phi) is 2.59. The number of ether oxygens (including phenoxy) is 1. The van der Waals surface area contributed by atoms with Crippen LogP contribution in [0.15, 0.2) is 30.3 Å². The molecule has 1 unspecified atom stereocenters. The summed E-state index contributed by atoms with van der Waals surface area (Å²) < 4.78 is 5.94. The molecule has 0 aromatic heterocycles. The van der Waals surface area contributed by atoms with Crippen molar-refractivity contribution in [3.8, 4) is 0 Å². The summed E-state index contributed by atoms with van der Waals surface area (Å²) in [6, 6.07) is 10.7. The van der Waals surface area contributed by atoms with Crippen molar-refractivity contribution in [1.29, 1.82) is 0 Å². The van der Waals surface area contributed by atoms with E-state index in [0.717, 1.165) is 13.0 Å². The van der Waals surface area contributed by atoms with Crippen LogP contribution in [0.3, 0.4) is 0 Å². The zero-order valence-electron chi connectivity index (χ0n) is 9.92. The van der Waals surface area contributed by atoms with Crippen LogP contribution in [0.1, 0.15) is 39.2 Å². The quantitative estimate of drug-likeness (QED) is 0.680. The van der Waals surface area contributed by atoms with E-state index in [-0.39, 0.29) is 11.0 Å². The molecule has 0 amide bonds. The molecule has 0 saturated carbocycles. The van der Waals surface area contributed by atoms with Gasteiger partial charge in [-0.2, -0.15) is 0 Å². The van der Waals surface area contributed by atoms with Gasteiger partial charge in [0.15, 0.2) is 0 Å². The second-order valence-electron chi connectivity index (χ2n) is 5.16. The van der Waals surface area contributed by atoms with Crippen molar-refractivity contribution < 1.29 is 4.74 Å². The summed E-state index contributed by atoms with van der Waals surface area (Å²) in [7, 11) is 0. The molecule has 82 valence electrons. The highest BCUT2D eigenvalue weighted by Gasteiger charge is 2.45. The van der Waals surface area contributed by atoms with E-state index in [0.29, 0.717) is 0 Å². The van der Waals surface area contributed by atoms with E-state index >= 15 is 0 Å². The van der Waals surface area contributed by atoms with Crippen molar-refractivity contribution in [3.63, 3.8) is 0 Å². The summed E-state index contributed by atoms with van der Waals surface area (Å²) in [6.07, 6.45) is 2.37. The van der Waals surface area contributed by atoms with Crippen LogP contribution in [0.5, 0.6) is 0 Å². The van der Waals surface area contributed by atoms with Gasteiger partial charge in [0.1, 0.15) is 0 Å². The van der Waals surface area contributed by atoms with Crippen molar-refractivity contribution in [2.75, 3.05) is 6.61 Å². The standard InChI is InChI=1S/C14H20O/c1-13(2)14(3,10-7-11-15-13)12-8-5-4-6-9-12/h4-6,8-9H,7,10-11H2,1-3H3. The molecule has 0 radical (unpaired) electrons. The highest BCUT2D eigenvalue weighted by molar-refractivity contribution is 5.28. The Labute approximate surface area is 92.5 Å².